The van der Waals surface area contributed by atoms with Gasteiger partial charge in [-0.05, 0) is 28.3 Å². The van der Waals surface area contributed by atoms with E-state index in [2.05, 4.69) is 37.0 Å². The Morgan fingerprint density at radius 3 is 2.91 bits per heavy atom. The summed E-state index contributed by atoms with van der Waals surface area (Å²) in [4.78, 5) is 0. The predicted molar refractivity (Wildman–Crippen MR) is 52.8 cm³/mol. The van der Waals surface area contributed by atoms with Gasteiger partial charge in [0.25, 0.3) is 0 Å². The second kappa shape index (κ2) is 2.71. The fraction of sp³-hybridized carbons (Fsp3) is 0.200. The third kappa shape index (κ3) is 1.08. The lowest BCUT2D eigenvalue weighted by Gasteiger charge is -1.91. The molecule has 0 amide bonds. The number of benzene rings is 1. The predicted octanol–water partition coefficient (Wildman–Crippen LogP) is 3.43. The van der Waals surface area contributed by atoms with Gasteiger partial charge in [0.05, 0.1) is 0 Å². The highest BCUT2D eigenvalue weighted by atomic mass is 31.0. The Bertz CT molecular complexity index is 360. The number of rotatable bonds is 1. The standard InChI is InChI=1S/C10H11P/c1-2-10-9-6-4-3-5-8(9)7-11-10/h3-7,11H,2H2,1H3. The van der Waals surface area contributed by atoms with Crippen molar-refractivity contribution in [1.29, 1.82) is 0 Å². The van der Waals surface area contributed by atoms with Gasteiger partial charge in [0.15, 0.2) is 0 Å². The van der Waals surface area contributed by atoms with E-state index in [1.165, 1.54) is 17.2 Å². The summed E-state index contributed by atoms with van der Waals surface area (Å²) in [5.74, 6) is 2.34. The van der Waals surface area contributed by atoms with Crippen molar-refractivity contribution in [3.8, 4) is 0 Å². The number of aryl methyl sites for hydroxylation is 1. The smallest absolute Gasteiger partial charge is 0.0112 e. The number of hydrogen-bond donors (Lipinski definition) is 0. The van der Waals surface area contributed by atoms with E-state index in [0.717, 1.165) is 8.19 Å². The summed E-state index contributed by atoms with van der Waals surface area (Å²) in [6.07, 6.45) is 1.20. The van der Waals surface area contributed by atoms with Crippen LogP contribution in [-0.2, 0) is 6.42 Å². The van der Waals surface area contributed by atoms with Crippen LogP contribution in [0.5, 0.6) is 0 Å². The van der Waals surface area contributed by atoms with Crippen LogP contribution in [0, 0.1) is 0 Å². The largest absolute Gasteiger partial charge is 0.135 e. The van der Waals surface area contributed by atoms with Gasteiger partial charge < -0.3 is 0 Å². The van der Waals surface area contributed by atoms with E-state index >= 15 is 0 Å². The van der Waals surface area contributed by atoms with Crippen LogP contribution in [0.3, 0.4) is 0 Å². The molecule has 0 bridgehead atoms. The lowest BCUT2D eigenvalue weighted by atomic mass is 10.2. The highest BCUT2D eigenvalue weighted by molar-refractivity contribution is 7.31. The second-order valence-electron chi connectivity index (χ2n) is 2.71. The SMILES string of the molecule is CCc1[pH]cc2ccccc12. The van der Waals surface area contributed by atoms with Gasteiger partial charge in [0, 0.05) is 0 Å². The summed E-state index contributed by atoms with van der Waals surface area (Å²) >= 11 is 0. The highest BCUT2D eigenvalue weighted by Gasteiger charge is 1.97. The van der Waals surface area contributed by atoms with Crippen LogP contribution in [0.4, 0.5) is 0 Å². The number of hydrogen-bond acceptors (Lipinski definition) is 0. The van der Waals surface area contributed by atoms with Gasteiger partial charge in [-0.25, -0.2) is 0 Å². The fourth-order valence-corrected chi connectivity index (χ4v) is 2.60. The maximum absolute atomic E-state index is 2.34. The Morgan fingerprint density at radius 2 is 2.09 bits per heavy atom. The molecule has 0 radical (unpaired) electrons. The van der Waals surface area contributed by atoms with Crippen LogP contribution in [0.1, 0.15) is 12.2 Å². The van der Waals surface area contributed by atoms with Crippen LogP contribution < -0.4 is 0 Å². The first kappa shape index (κ1) is 6.94. The van der Waals surface area contributed by atoms with Crippen molar-refractivity contribution in [1.82, 2.24) is 0 Å². The zero-order chi connectivity index (χ0) is 7.68. The monoisotopic (exact) mass is 162 g/mol. The Morgan fingerprint density at radius 1 is 1.27 bits per heavy atom. The van der Waals surface area contributed by atoms with Gasteiger partial charge in [-0.15, -0.1) is 8.19 Å². The summed E-state index contributed by atoms with van der Waals surface area (Å²) in [5, 5.41) is 4.52. The van der Waals surface area contributed by atoms with Crippen molar-refractivity contribution >= 4 is 19.0 Å². The third-order valence-electron chi connectivity index (χ3n) is 2.04. The van der Waals surface area contributed by atoms with Crippen LogP contribution in [-0.4, -0.2) is 0 Å². The molecule has 2 rings (SSSR count). The molecular weight excluding hydrogens is 151 g/mol. The average Bonchev–Trinajstić information content (AvgIpc) is 2.47. The molecule has 1 heterocycles. The van der Waals surface area contributed by atoms with E-state index in [0.29, 0.717) is 0 Å². The molecule has 1 heteroatoms. The maximum Gasteiger partial charge on any atom is -0.0112 e. The molecule has 0 saturated heterocycles. The minimum Gasteiger partial charge on any atom is -0.135 e. The van der Waals surface area contributed by atoms with E-state index in [-0.39, 0.29) is 0 Å². The van der Waals surface area contributed by atoms with Crippen molar-refractivity contribution in [2.24, 2.45) is 0 Å². The van der Waals surface area contributed by atoms with Crippen LogP contribution in [0.25, 0.3) is 10.8 Å². The maximum atomic E-state index is 2.34. The Balaban J connectivity index is 2.76. The van der Waals surface area contributed by atoms with Gasteiger partial charge >= 0.3 is 0 Å². The summed E-state index contributed by atoms with van der Waals surface area (Å²) in [5.41, 5.74) is 0. The van der Waals surface area contributed by atoms with E-state index in [1.54, 1.807) is 5.30 Å². The van der Waals surface area contributed by atoms with Gasteiger partial charge in [0.2, 0.25) is 0 Å². The molecule has 0 spiro atoms. The summed E-state index contributed by atoms with van der Waals surface area (Å²) < 4.78 is 0. The zero-order valence-electron chi connectivity index (χ0n) is 6.59. The van der Waals surface area contributed by atoms with Crippen molar-refractivity contribution in [3.05, 3.63) is 35.4 Å². The molecule has 0 aliphatic heterocycles. The molecule has 1 aromatic carbocycles. The molecule has 11 heavy (non-hydrogen) atoms. The highest BCUT2D eigenvalue weighted by Crippen LogP contribution is 2.29. The molecule has 0 N–H and O–H groups in total. The molecule has 0 aliphatic rings. The van der Waals surface area contributed by atoms with Crippen LogP contribution in [0.2, 0.25) is 0 Å². The molecule has 56 valence electrons. The normalized spacial score (nSPS) is 11.4. The Labute approximate surface area is 68.3 Å². The quantitative estimate of drug-likeness (QED) is 0.602. The van der Waals surface area contributed by atoms with E-state index < -0.39 is 0 Å². The third-order valence-corrected chi connectivity index (χ3v) is 3.47. The van der Waals surface area contributed by atoms with Crippen molar-refractivity contribution in [3.63, 3.8) is 0 Å². The first-order chi connectivity index (χ1) is 5.42. The molecule has 1 aromatic heterocycles. The molecule has 0 nitrogen and oxygen atoms in total. The van der Waals surface area contributed by atoms with Crippen LogP contribution in [0.15, 0.2) is 30.1 Å². The molecule has 0 fully saturated rings. The van der Waals surface area contributed by atoms with Gasteiger partial charge in [0.1, 0.15) is 0 Å². The molecule has 1 atom stereocenters. The minimum atomic E-state index is 0.929. The zero-order valence-corrected chi connectivity index (χ0v) is 7.59. The first-order valence-electron chi connectivity index (χ1n) is 3.97. The Kier molecular flexibility index (Phi) is 1.71. The molecule has 2 aromatic rings. The lowest BCUT2D eigenvalue weighted by molar-refractivity contribution is 1.20. The van der Waals surface area contributed by atoms with Crippen molar-refractivity contribution in [2.75, 3.05) is 0 Å². The second-order valence-corrected chi connectivity index (χ2v) is 3.89. The topological polar surface area (TPSA) is 0 Å². The Hall–Kier alpha value is -0.740. The van der Waals surface area contributed by atoms with Crippen molar-refractivity contribution < 1.29 is 0 Å². The van der Waals surface area contributed by atoms with Gasteiger partial charge in [-0.2, -0.15) is 0 Å². The summed E-state index contributed by atoms with van der Waals surface area (Å²) in [7, 11) is 0.929. The molecule has 0 saturated carbocycles. The summed E-state index contributed by atoms with van der Waals surface area (Å²) in [6.45, 7) is 2.23. The molecule has 1 unspecified atom stereocenters. The average molecular weight is 162 g/mol. The number of fused-ring (bicyclic) bond motifs is 1. The fourth-order valence-electron chi connectivity index (χ4n) is 1.43. The van der Waals surface area contributed by atoms with E-state index in [1.807, 2.05) is 0 Å². The minimum absolute atomic E-state index is 0.929. The molecule has 0 aliphatic carbocycles. The van der Waals surface area contributed by atoms with Crippen molar-refractivity contribution in [2.45, 2.75) is 13.3 Å². The van der Waals surface area contributed by atoms with Crippen LogP contribution >= 0.6 is 8.19 Å². The lowest BCUT2D eigenvalue weighted by Crippen LogP contribution is -1.70. The molecular formula is C10H11P. The first-order valence-corrected chi connectivity index (χ1v) is 5.04. The summed E-state index contributed by atoms with van der Waals surface area (Å²) in [6, 6.07) is 8.66. The van der Waals surface area contributed by atoms with Gasteiger partial charge in [-0.3, -0.25) is 0 Å². The van der Waals surface area contributed by atoms with E-state index in [4.69, 9.17) is 0 Å². The van der Waals surface area contributed by atoms with Gasteiger partial charge in [-0.1, -0.05) is 31.2 Å². The van der Waals surface area contributed by atoms with E-state index in [9.17, 15) is 0 Å².